The van der Waals surface area contributed by atoms with Gasteiger partial charge in [-0.25, -0.2) is 4.98 Å². The van der Waals surface area contributed by atoms with Crippen molar-refractivity contribution >= 4 is 5.82 Å². The number of methoxy groups -OCH3 is 1. The number of aromatic nitrogens is 1. The number of rotatable bonds is 2. The Labute approximate surface area is 99.7 Å². The lowest BCUT2D eigenvalue weighted by molar-refractivity contribution is 0.409. The van der Waals surface area contributed by atoms with Gasteiger partial charge in [-0.1, -0.05) is 0 Å². The molecule has 0 atom stereocenters. The molecule has 1 heterocycles. The van der Waals surface area contributed by atoms with Gasteiger partial charge in [-0.15, -0.1) is 0 Å². The summed E-state index contributed by atoms with van der Waals surface area (Å²) in [5, 5.41) is 7.57. The number of hydrogen-bond acceptors (Lipinski definition) is 3. The Morgan fingerprint density at radius 1 is 1.18 bits per heavy atom. The molecule has 0 bridgehead atoms. The van der Waals surface area contributed by atoms with Crippen molar-refractivity contribution in [3.63, 3.8) is 0 Å². The SMILES string of the molecule is COc1cc([OH2+])ccc1-c1ccc(N)nc1C. The van der Waals surface area contributed by atoms with Crippen LogP contribution >= 0.6 is 0 Å². The first-order valence-electron chi connectivity index (χ1n) is 5.25. The average molecular weight is 231 g/mol. The fourth-order valence-electron chi connectivity index (χ4n) is 1.78. The van der Waals surface area contributed by atoms with Crippen LogP contribution in [-0.2, 0) is 0 Å². The summed E-state index contributed by atoms with van der Waals surface area (Å²) in [4.78, 5) is 4.22. The van der Waals surface area contributed by atoms with Crippen LogP contribution in [0.1, 0.15) is 5.69 Å². The molecule has 1 aromatic heterocycles. The Morgan fingerprint density at radius 2 is 1.88 bits per heavy atom. The molecule has 17 heavy (non-hydrogen) atoms. The van der Waals surface area contributed by atoms with E-state index in [1.54, 1.807) is 25.3 Å². The molecule has 2 aromatic rings. The molecule has 1 aromatic carbocycles. The fraction of sp³-hybridized carbons (Fsp3) is 0.154. The van der Waals surface area contributed by atoms with Crippen molar-refractivity contribution in [1.29, 1.82) is 0 Å². The normalized spacial score (nSPS) is 10.2. The summed E-state index contributed by atoms with van der Waals surface area (Å²) in [6, 6.07) is 8.95. The van der Waals surface area contributed by atoms with Crippen molar-refractivity contribution in [2.75, 3.05) is 12.8 Å². The van der Waals surface area contributed by atoms with Crippen LogP contribution < -0.4 is 10.5 Å². The van der Waals surface area contributed by atoms with E-state index in [9.17, 15) is 0 Å². The number of nitrogens with zero attached hydrogens (tertiary/aromatic N) is 1. The van der Waals surface area contributed by atoms with E-state index in [0.717, 1.165) is 16.8 Å². The van der Waals surface area contributed by atoms with Gasteiger partial charge in [0.2, 0.25) is 0 Å². The van der Waals surface area contributed by atoms with E-state index in [1.807, 2.05) is 19.1 Å². The number of ether oxygens (including phenoxy) is 1. The van der Waals surface area contributed by atoms with Gasteiger partial charge < -0.3 is 15.6 Å². The van der Waals surface area contributed by atoms with Gasteiger partial charge in [-0.05, 0) is 25.1 Å². The molecular weight excluding hydrogens is 216 g/mol. The van der Waals surface area contributed by atoms with Crippen LogP contribution in [0.25, 0.3) is 11.1 Å². The minimum absolute atomic E-state index is 0.423. The van der Waals surface area contributed by atoms with Gasteiger partial charge in [0.25, 0.3) is 5.75 Å². The van der Waals surface area contributed by atoms with Crippen LogP contribution in [0.4, 0.5) is 5.82 Å². The molecule has 0 aliphatic carbocycles. The molecule has 0 saturated heterocycles. The second-order valence-electron chi connectivity index (χ2n) is 3.78. The van der Waals surface area contributed by atoms with Gasteiger partial charge in [-0.2, -0.15) is 0 Å². The van der Waals surface area contributed by atoms with Gasteiger partial charge in [0.15, 0.2) is 0 Å². The lowest BCUT2D eigenvalue weighted by Crippen LogP contribution is -1.95. The predicted octanol–water partition coefficient (Wildman–Crippen LogP) is 2.09. The monoisotopic (exact) mass is 231 g/mol. The lowest BCUT2D eigenvalue weighted by atomic mass is 10.0. The zero-order valence-electron chi connectivity index (χ0n) is 9.82. The van der Waals surface area contributed by atoms with Gasteiger partial charge >= 0.3 is 0 Å². The van der Waals surface area contributed by atoms with Crippen LogP contribution in [0, 0.1) is 6.92 Å². The highest BCUT2D eigenvalue weighted by molar-refractivity contribution is 5.73. The van der Waals surface area contributed by atoms with E-state index in [-0.39, 0.29) is 0 Å². The summed E-state index contributed by atoms with van der Waals surface area (Å²) in [6.07, 6.45) is 0. The van der Waals surface area contributed by atoms with Crippen molar-refractivity contribution in [2.45, 2.75) is 6.92 Å². The first-order valence-corrected chi connectivity index (χ1v) is 5.25. The molecule has 4 nitrogen and oxygen atoms in total. The topological polar surface area (TPSA) is 71.0 Å². The lowest BCUT2D eigenvalue weighted by Gasteiger charge is -2.10. The highest BCUT2D eigenvalue weighted by Gasteiger charge is 2.11. The molecule has 4 heteroatoms. The highest BCUT2D eigenvalue weighted by Crippen LogP contribution is 2.34. The van der Waals surface area contributed by atoms with E-state index in [1.165, 1.54) is 0 Å². The summed E-state index contributed by atoms with van der Waals surface area (Å²) in [5.74, 6) is 1.60. The van der Waals surface area contributed by atoms with Gasteiger partial charge in [0, 0.05) is 22.9 Å². The van der Waals surface area contributed by atoms with Gasteiger partial charge in [0.05, 0.1) is 13.2 Å². The number of nitrogen functional groups attached to an aromatic ring is 1. The van der Waals surface area contributed by atoms with Crippen molar-refractivity contribution < 1.29 is 9.84 Å². The Balaban J connectivity index is 2.60. The number of hydrogen-bond donors (Lipinski definition) is 1. The zero-order chi connectivity index (χ0) is 12.4. The zero-order valence-corrected chi connectivity index (χ0v) is 9.82. The summed E-state index contributed by atoms with van der Waals surface area (Å²) < 4.78 is 5.29. The van der Waals surface area contributed by atoms with Crippen molar-refractivity contribution in [3.05, 3.63) is 36.0 Å². The number of aryl methyl sites for hydroxylation is 1. The maximum absolute atomic E-state index is 7.57. The van der Waals surface area contributed by atoms with Crippen molar-refractivity contribution in [1.82, 2.24) is 4.98 Å². The molecule has 0 saturated carbocycles. The fourth-order valence-corrected chi connectivity index (χ4v) is 1.78. The van der Waals surface area contributed by atoms with E-state index in [4.69, 9.17) is 15.6 Å². The average Bonchev–Trinajstić information content (AvgIpc) is 2.30. The molecule has 88 valence electrons. The maximum atomic E-state index is 7.57. The second-order valence-corrected chi connectivity index (χ2v) is 3.78. The van der Waals surface area contributed by atoms with Crippen LogP contribution in [0.2, 0.25) is 0 Å². The Hall–Kier alpha value is -2.23. The number of nitrogens with two attached hydrogens (primary N) is 1. The van der Waals surface area contributed by atoms with Crippen molar-refractivity contribution in [2.24, 2.45) is 0 Å². The molecule has 4 N–H and O–H groups in total. The minimum atomic E-state index is 0.423. The first-order chi connectivity index (χ1) is 8.11. The largest absolute Gasteiger partial charge is 0.593 e. The maximum Gasteiger partial charge on any atom is 0.257 e. The molecule has 0 unspecified atom stereocenters. The number of anilines is 1. The molecular formula is C13H15N2O2+. The minimum Gasteiger partial charge on any atom is -0.593 e. The van der Waals surface area contributed by atoms with Crippen LogP contribution in [-0.4, -0.2) is 17.2 Å². The number of pyridine rings is 1. The van der Waals surface area contributed by atoms with Crippen LogP contribution in [0.15, 0.2) is 30.3 Å². The first kappa shape index (κ1) is 11.3. The van der Waals surface area contributed by atoms with E-state index < -0.39 is 0 Å². The molecule has 0 aliphatic heterocycles. The van der Waals surface area contributed by atoms with Gasteiger partial charge in [-0.3, -0.25) is 0 Å². The van der Waals surface area contributed by atoms with E-state index in [0.29, 0.717) is 17.3 Å². The molecule has 0 amide bonds. The molecule has 2 rings (SSSR count). The number of benzene rings is 1. The Kier molecular flexibility index (Phi) is 2.87. The van der Waals surface area contributed by atoms with Crippen molar-refractivity contribution in [3.8, 4) is 22.6 Å². The molecule has 0 spiro atoms. The van der Waals surface area contributed by atoms with E-state index in [2.05, 4.69) is 4.98 Å². The second kappa shape index (κ2) is 4.33. The molecule has 0 aliphatic rings. The summed E-state index contributed by atoms with van der Waals surface area (Å²) in [7, 11) is 1.60. The predicted molar refractivity (Wildman–Crippen MR) is 68.4 cm³/mol. The standard InChI is InChI=1S/C13H14N2O2/c1-8-10(5-6-13(14)15-8)11-4-3-9(16)7-12(11)17-2/h3-7,16H,1-2H3,(H2,14,15)/p+1. The third kappa shape index (κ3) is 2.15. The summed E-state index contributed by atoms with van der Waals surface area (Å²) in [5.41, 5.74) is 8.37. The van der Waals surface area contributed by atoms with Crippen LogP contribution in [0.3, 0.4) is 0 Å². The highest BCUT2D eigenvalue weighted by atomic mass is 16.5. The molecule has 0 radical (unpaired) electrons. The summed E-state index contributed by atoms with van der Waals surface area (Å²) >= 11 is 0. The molecule has 0 fully saturated rings. The third-order valence-electron chi connectivity index (χ3n) is 2.60. The smallest absolute Gasteiger partial charge is 0.257 e. The Morgan fingerprint density at radius 3 is 2.53 bits per heavy atom. The van der Waals surface area contributed by atoms with Crippen LogP contribution in [0.5, 0.6) is 11.5 Å². The third-order valence-corrected chi connectivity index (χ3v) is 2.60. The summed E-state index contributed by atoms with van der Waals surface area (Å²) in [6.45, 7) is 1.90. The quantitative estimate of drug-likeness (QED) is 0.804. The Bertz CT molecular complexity index is 553. The van der Waals surface area contributed by atoms with Gasteiger partial charge in [0.1, 0.15) is 11.6 Å². The van der Waals surface area contributed by atoms with E-state index >= 15 is 0 Å².